The summed E-state index contributed by atoms with van der Waals surface area (Å²) < 4.78 is 0. The lowest BCUT2D eigenvalue weighted by Crippen LogP contribution is -2.34. The van der Waals surface area contributed by atoms with Gasteiger partial charge in [-0.1, -0.05) is 26.0 Å². The number of carbonyl (C=O) groups is 1. The molecule has 0 aromatic heterocycles. The SMILES string of the molecule is CCN1C2=C(C=Nc3ccccc31)C(=O)CC(C)(C)C2. The highest BCUT2D eigenvalue weighted by atomic mass is 16.1. The van der Waals surface area contributed by atoms with Gasteiger partial charge in [0.15, 0.2) is 5.78 Å². The van der Waals surface area contributed by atoms with Gasteiger partial charge in [0.1, 0.15) is 0 Å². The van der Waals surface area contributed by atoms with Crippen LogP contribution in [0.15, 0.2) is 40.5 Å². The predicted octanol–water partition coefficient (Wildman–Crippen LogP) is 3.87. The van der Waals surface area contributed by atoms with Crippen molar-refractivity contribution in [3.8, 4) is 0 Å². The van der Waals surface area contributed by atoms with Gasteiger partial charge in [-0.3, -0.25) is 9.79 Å². The molecule has 0 atom stereocenters. The molecular weight excluding hydrogens is 248 g/mol. The predicted molar refractivity (Wildman–Crippen MR) is 82.7 cm³/mol. The second-order valence-corrected chi connectivity index (χ2v) is 6.29. The van der Waals surface area contributed by atoms with Crippen molar-refractivity contribution in [2.24, 2.45) is 10.4 Å². The summed E-state index contributed by atoms with van der Waals surface area (Å²) in [4.78, 5) is 19.2. The van der Waals surface area contributed by atoms with E-state index in [9.17, 15) is 4.79 Å². The van der Waals surface area contributed by atoms with E-state index >= 15 is 0 Å². The molecule has 1 aliphatic carbocycles. The van der Waals surface area contributed by atoms with Crippen molar-refractivity contribution in [2.75, 3.05) is 11.4 Å². The van der Waals surface area contributed by atoms with Gasteiger partial charge in [-0.2, -0.15) is 0 Å². The number of fused-ring (bicyclic) bond motifs is 1. The number of Topliss-reactive ketones (excluding diaryl/α,β-unsaturated/α-hetero) is 1. The Labute approximate surface area is 120 Å². The quantitative estimate of drug-likeness (QED) is 0.774. The van der Waals surface area contributed by atoms with Gasteiger partial charge in [0.25, 0.3) is 0 Å². The fourth-order valence-electron chi connectivity index (χ4n) is 3.13. The third-order valence-corrected chi connectivity index (χ3v) is 4.04. The zero-order valence-electron chi connectivity index (χ0n) is 12.3. The largest absolute Gasteiger partial charge is 0.343 e. The Morgan fingerprint density at radius 1 is 1.25 bits per heavy atom. The van der Waals surface area contributed by atoms with Gasteiger partial charge in [-0.05, 0) is 30.9 Å². The first-order chi connectivity index (χ1) is 9.52. The van der Waals surface area contributed by atoms with Gasteiger partial charge >= 0.3 is 0 Å². The smallest absolute Gasteiger partial charge is 0.166 e. The monoisotopic (exact) mass is 268 g/mol. The Hall–Kier alpha value is -1.90. The number of aliphatic imine (C=N–C) groups is 1. The molecule has 0 amide bonds. The van der Waals surface area contributed by atoms with Crippen LogP contribution in [0.5, 0.6) is 0 Å². The van der Waals surface area contributed by atoms with Crippen LogP contribution in [0, 0.1) is 5.41 Å². The number of benzene rings is 1. The molecule has 0 fully saturated rings. The first-order valence-electron chi connectivity index (χ1n) is 7.19. The van der Waals surface area contributed by atoms with Crippen molar-refractivity contribution in [2.45, 2.75) is 33.6 Å². The summed E-state index contributed by atoms with van der Waals surface area (Å²) >= 11 is 0. The molecule has 0 spiro atoms. The summed E-state index contributed by atoms with van der Waals surface area (Å²) in [5.74, 6) is 0.214. The van der Waals surface area contributed by atoms with Crippen LogP contribution in [-0.2, 0) is 4.79 Å². The number of carbonyl (C=O) groups excluding carboxylic acids is 1. The molecule has 3 nitrogen and oxygen atoms in total. The molecule has 0 radical (unpaired) electrons. The average molecular weight is 268 g/mol. The van der Waals surface area contributed by atoms with Crippen molar-refractivity contribution < 1.29 is 4.79 Å². The molecule has 1 heterocycles. The van der Waals surface area contributed by atoms with Crippen LogP contribution in [0.3, 0.4) is 0 Å². The molecule has 1 aromatic rings. The summed E-state index contributed by atoms with van der Waals surface area (Å²) in [6.45, 7) is 7.30. The highest BCUT2D eigenvalue weighted by Crippen LogP contribution is 2.42. The fourth-order valence-corrected chi connectivity index (χ4v) is 3.13. The highest BCUT2D eigenvalue weighted by Gasteiger charge is 2.35. The van der Waals surface area contributed by atoms with E-state index in [4.69, 9.17) is 0 Å². The normalized spacial score (nSPS) is 20.6. The number of rotatable bonds is 1. The summed E-state index contributed by atoms with van der Waals surface area (Å²) in [5.41, 5.74) is 3.98. The number of hydrogen-bond acceptors (Lipinski definition) is 3. The van der Waals surface area contributed by atoms with Crippen LogP contribution >= 0.6 is 0 Å². The number of para-hydroxylation sites is 2. The summed E-state index contributed by atoms with van der Waals surface area (Å²) in [7, 11) is 0. The van der Waals surface area contributed by atoms with E-state index in [1.54, 1.807) is 6.21 Å². The van der Waals surface area contributed by atoms with Crippen LogP contribution in [0.2, 0.25) is 0 Å². The standard InChI is InChI=1S/C17H20N2O/c1-4-19-14-8-6-5-7-13(14)18-11-12-15(19)9-17(2,3)10-16(12)20/h5-8,11H,4,9-10H2,1-3H3. The first-order valence-corrected chi connectivity index (χ1v) is 7.19. The van der Waals surface area contributed by atoms with Gasteiger partial charge in [0.05, 0.1) is 16.9 Å². The van der Waals surface area contributed by atoms with Crippen molar-refractivity contribution in [1.82, 2.24) is 0 Å². The Kier molecular flexibility index (Phi) is 3.00. The van der Waals surface area contributed by atoms with Crippen LogP contribution in [0.25, 0.3) is 0 Å². The summed E-state index contributed by atoms with van der Waals surface area (Å²) in [5, 5.41) is 0. The Morgan fingerprint density at radius 3 is 2.75 bits per heavy atom. The van der Waals surface area contributed by atoms with Crippen LogP contribution in [0.4, 0.5) is 11.4 Å². The van der Waals surface area contributed by atoms with Crippen molar-refractivity contribution in [3.63, 3.8) is 0 Å². The highest BCUT2D eigenvalue weighted by molar-refractivity contribution is 6.16. The molecule has 0 saturated carbocycles. The van der Waals surface area contributed by atoms with Gasteiger partial charge in [0.2, 0.25) is 0 Å². The minimum atomic E-state index is 0.0243. The van der Waals surface area contributed by atoms with Gasteiger partial charge < -0.3 is 4.90 Å². The van der Waals surface area contributed by atoms with Crippen LogP contribution in [-0.4, -0.2) is 18.5 Å². The maximum Gasteiger partial charge on any atom is 0.166 e. The van der Waals surface area contributed by atoms with E-state index in [0.29, 0.717) is 6.42 Å². The topological polar surface area (TPSA) is 32.7 Å². The van der Waals surface area contributed by atoms with Gasteiger partial charge in [-0.15, -0.1) is 0 Å². The molecule has 0 bridgehead atoms. The number of allylic oxidation sites excluding steroid dienone is 2. The van der Waals surface area contributed by atoms with E-state index in [-0.39, 0.29) is 11.2 Å². The van der Waals surface area contributed by atoms with Crippen molar-refractivity contribution in [1.29, 1.82) is 0 Å². The van der Waals surface area contributed by atoms with Gasteiger partial charge in [-0.25, -0.2) is 0 Å². The molecule has 2 aliphatic rings. The molecule has 0 saturated heterocycles. The maximum absolute atomic E-state index is 12.4. The summed E-state index contributed by atoms with van der Waals surface area (Å²) in [6.07, 6.45) is 3.29. The molecule has 3 rings (SSSR count). The minimum Gasteiger partial charge on any atom is -0.343 e. The third-order valence-electron chi connectivity index (χ3n) is 4.04. The molecule has 104 valence electrons. The summed E-state index contributed by atoms with van der Waals surface area (Å²) in [6, 6.07) is 8.10. The molecule has 0 N–H and O–H groups in total. The second kappa shape index (κ2) is 4.58. The van der Waals surface area contributed by atoms with E-state index in [2.05, 4.69) is 36.7 Å². The molecular formula is C17H20N2O. The number of nitrogens with zero attached hydrogens (tertiary/aromatic N) is 2. The van der Waals surface area contributed by atoms with Crippen molar-refractivity contribution >= 4 is 23.4 Å². The van der Waals surface area contributed by atoms with E-state index < -0.39 is 0 Å². The zero-order valence-corrected chi connectivity index (χ0v) is 12.3. The van der Waals surface area contributed by atoms with Crippen LogP contribution in [0.1, 0.15) is 33.6 Å². The molecule has 1 aliphatic heterocycles. The van der Waals surface area contributed by atoms with E-state index in [1.165, 1.54) is 0 Å². The molecule has 3 heteroatoms. The lowest BCUT2D eigenvalue weighted by molar-refractivity contribution is -0.117. The van der Waals surface area contributed by atoms with E-state index in [0.717, 1.165) is 35.6 Å². The second-order valence-electron chi connectivity index (χ2n) is 6.29. The average Bonchev–Trinajstić information content (AvgIpc) is 2.53. The van der Waals surface area contributed by atoms with Crippen molar-refractivity contribution in [3.05, 3.63) is 35.5 Å². The van der Waals surface area contributed by atoms with Gasteiger partial charge in [0, 0.05) is 24.9 Å². The third kappa shape index (κ3) is 2.07. The zero-order chi connectivity index (χ0) is 14.3. The number of hydrogen-bond donors (Lipinski definition) is 0. The molecule has 1 aromatic carbocycles. The lowest BCUT2D eigenvalue weighted by atomic mass is 9.75. The Bertz CT molecular complexity index is 626. The maximum atomic E-state index is 12.4. The minimum absolute atomic E-state index is 0.0243. The Balaban J connectivity index is 2.18. The number of anilines is 1. The fraction of sp³-hybridized carbons (Fsp3) is 0.412. The molecule has 0 unspecified atom stereocenters. The van der Waals surface area contributed by atoms with Crippen LogP contribution < -0.4 is 4.90 Å². The molecule has 20 heavy (non-hydrogen) atoms. The van der Waals surface area contributed by atoms with E-state index in [1.807, 2.05) is 18.2 Å². The number of ketones is 1. The Morgan fingerprint density at radius 2 is 2.00 bits per heavy atom. The lowest BCUT2D eigenvalue weighted by Gasteiger charge is -2.36. The first kappa shape index (κ1) is 13.1.